The van der Waals surface area contributed by atoms with Crippen molar-refractivity contribution in [2.24, 2.45) is 0 Å². The van der Waals surface area contributed by atoms with Gasteiger partial charge in [-0.3, -0.25) is 4.90 Å². The molecule has 0 amide bonds. The topological polar surface area (TPSA) is 3.24 Å². The highest BCUT2D eigenvalue weighted by molar-refractivity contribution is 9.09. The molecule has 0 spiro atoms. The van der Waals surface area contributed by atoms with Gasteiger partial charge in [0.25, 0.3) is 0 Å². The first-order valence-electron chi connectivity index (χ1n) is 6.44. The van der Waals surface area contributed by atoms with Crippen LogP contribution in [0.4, 0.5) is 4.39 Å². The fourth-order valence-electron chi connectivity index (χ4n) is 2.59. The molecule has 0 aliphatic carbocycles. The van der Waals surface area contributed by atoms with Crippen molar-refractivity contribution in [3.05, 3.63) is 34.6 Å². The summed E-state index contributed by atoms with van der Waals surface area (Å²) < 4.78 is 13.1. The van der Waals surface area contributed by atoms with Gasteiger partial charge in [0.2, 0.25) is 0 Å². The van der Waals surface area contributed by atoms with Crippen LogP contribution in [0.1, 0.15) is 31.2 Å². The van der Waals surface area contributed by atoms with Crippen LogP contribution in [0.2, 0.25) is 5.02 Å². The first kappa shape index (κ1) is 14.3. The van der Waals surface area contributed by atoms with Crippen molar-refractivity contribution < 1.29 is 4.39 Å². The molecule has 1 saturated heterocycles. The van der Waals surface area contributed by atoms with E-state index < -0.39 is 0 Å². The molecule has 1 unspecified atom stereocenters. The van der Waals surface area contributed by atoms with Gasteiger partial charge in [-0.2, -0.15) is 0 Å². The average molecular weight is 335 g/mol. The second-order valence-electron chi connectivity index (χ2n) is 4.85. The molecule has 1 heterocycles. The molecule has 1 aromatic carbocycles. The Morgan fingerprint density at radius 1 is 1.39 bits per heavy atom. The Morgan fingerprint density at radius 2 is 2.22 bits per heavy atom. The molecule has 1 fully saturated rings. The molecule has 0 radical (unpaired) electrons. The van der Waals surface area contributed by atoms with E-state index in [9.17, 15) is 4.39 Å². The molecular weight excluding hydrogens is 317 g/mol. The Balaban J connectivity index is 2.03. The van der Waals surface area contributed by atoms with Crippen LogP contribution >= 0.6 is 27.5 Å². The minimum Gasteiger partial charge on any atom is -0.296 e. The zero-order chi connectivity index (χ0) is 13.0. The quantitative estimate of drug-likeness (QED) is 0.726. The van der Waals surface area contributed by atoms with E-state index in [0.29, 0.717) is 6.04 Å². The molecule has 0 bridgehead atoms. The number of halogens is 3. The molecule has 0 saturated carbocycles. The summed E-state index contributed by atoms with van der Waals surface area (Å²) in [6.07, 6.45) is 5.02. The number of benzene rings is 1. The summed E-state index contributed by atoms with van der Waals surface area (Å²) >= 11 is 9.35. The fraction of sp³-hybridized carbons (Fsp3) is 0.571. The van der Waals surface area contributed by atoms with Gasteiger partial charge in [0.05, 0.1) is 5.02 Å². The molecule has 18 heavy (non-hydrogen) atoms. The lowest BCUT2D eigenvalue weighted by atomic mass is 9.99. The molecule has 1 aliphatic rings. The summed E-state index contributed by atoms with van der Waals surface area (Å²) in [5, 5.41) is 1.26. The lowest BCUT2D eigenvalue weighted by Gasteiger charge is -2.35. The third-order valence-electron chi connectivity index (χ3n) is 3.56. The van der Waals surface area contributed by atoms with E-state index in [-0.39, 0.29) is 10.8 Å². The Morgan fingerprint density at radius 3 is 2.94 bits per heavy atom. The second kappa shape index (κ2) is 6.88. The van der Waals surface area contributed by atoms with E-state index in [0.717, 1.165) is 24.0 Å². The maximum Gasteiger partial charge on any atom is 0.141 e. The predicted molar refractivity (Wildman–Crippen MR) is 77.9 cm³/mol. The van der Waals surface area contributed by atoms with Gasteiger partial charge in [0.1, 0.15) is 5.82 Å². The smallest absolute Gasteiger partial charge is 0.141 e. The Labute approximate surface area is 121 Å². The van der Waals surface area contributed by atoms with Gasteiger partial charge in [0.15, 0.2) is 0 Å². The largest absolute Gasteiger partial charge is 0.296 e. The molecule has 0 N–H and O–H groups in total. The van der Waals surface area contributed by atoms with E-state index in [4.69, 9.17) is 11.6 Å². The van der Waals surface area contributed by atoms with Crippen LogP contribution in [0.15, 0.2) is 18.2 Å². The molecule has 4 heteroatoms. The van der Waals surface area contributed by atoms with Gasteiger partial charge < -0.3 is 0 Å². The van der Waals surface area contributed by atoms with Crippen LogP contribution in [-0.4, -0.2) is 22.8 Å². The molecule has 1 aromatic rings. The van der Waals surface area contributed by atoms with Crippen LogP contribution in [0.5, 0.6) is 0 Å². The van der Waals surface area contributed by atoms with Crippen LogP contribution < -0.4 is 0 Å². The molecular formula is C14H18BrClFN. The maximum atomic E-state index is 13.1. The van der Waals surface area contributed by atoms with Crippen molar-refractivity contribution in [2.45, 2.75) is 38.3 Å². The van der Waals surface area contributed by atoms with Crippen molar-refractivity contribution in [1.29, 1.82) is 0 Å². The highest BCUT2D eigenvalue weighted by Gasteiger charge is 2.21. The van der Waals surface area contributed by atoms with Crippen LogP contribution in [0.3, 0.4) is 0 Å². The van der Waals surface area contributed by atoms with Gasteiger partial charge in [-0.05, 0) is 43.5 Å². The number of alkyl halides is 1. The SMILES string of the molecule is Fc1ccc(CN2CCCCC2CCBr)cc1Cl. The number of rotatable bonds is 4. The van der Waals surface area contributed by atoms with E-state index in [1.807, 2.05) is 6.07 Å². The van der Waals surface area contributed by atoms with Crippen molar-refractivity contribution >= 4 is 27.5 Å². The molecule has 1 aliphatic heterocycles. The lowest BCUT2D eigenvalue weighted by molar-refractivity contribution is 0.137. The summed E-state index contributed by atoms with van der Waals surface area (Å²) in [4.78, 5) is 2.49. The summed E-state index contributed by atoms with van der Waals surface area (Å²) in [7, 11) is 0. The summed E-state index contributed by atoms with van der Waals surface area (Å²) in [6, 6.07) is 5.68. The monoisotopic (exact) mass is 333 g/mol. The average Bonchev–Trinajstić information content (AvgIpc) is 2.37. The third-order valence-corrected chi connectivity index (χ3v) is 4.31. The van der Waals surface area contributed by atoms with Gasteiger partial charge in [0, 0.05) is 17.9 Å². The number of likely N-dealkylation sites (tertiary alicyclic amines) is 1. The first-order chi connectivity index (χ1) is 8.70. The number of hydrogen-bond acceptors (Lipinski definition) is 1. The van der Waals surface area contributed by atoms with E-state index >= 15 is 0 Å². The zero-order valence-corrected chi connectivity index (χ0v) is 12.7. The fourth-order valence-corrected chi connectivity index (χ4v) is 3.33. The van der Waals surface area contributed by atoms with E-state index in [2.05, 4.69) is 20.8 Å². The zero-order valence-electron chi connectivity index (χ0n) is 10.3. The van der Waals surface area contributed by atoms with E-state index in [1.165, 1.54) is 31.7 Å². The summed E-state index contributed by atoms with van der Waals surface area (Å²) in [6.45, 7) is 2.00. The van der Waals surface area contributed by atoms with E-state index in [1.54, 1.807) is 6.07 Å². The normalized spacial score (nSPS) is 21.2. The number of piperidine rings is 1. The maximum absolute atomic E-state index is 13.1. The van der Waals surface area contributed by atoms with Crippen LogP contribution in [0, 0.1) is 5.82 Å². The summed E-state index contributed by atoms with van der Waals surface area (Å²) in [5.74, 6) is -0.337. The Hall–Kier alpha value is -0.120. The van der Waals surface area contributed by atoms with Crippen molar-refractivity contribution in [3.63, 3.8) is 0 Å². The minimum absolute atomic E-state index is 0.224. The summed E-state index contributed by atoms with van der Waals surface area (Å²) in [5.41, 5.74) is 1.10. The third kappa shape index (κ3) is 3.69. The van der Waals surface area contributed by atoms with Gasteiger partial charge in [-0.1, -0.05) is 40.0 Å². The molecule has 2 rings (SSSR count). The predicted octanol–water partition coefficient (Wildman–Crippen LogP) is 4.62. The minimum atomic E-state index is -0.337. The highest BCUT2D eigenvalue weighted by Crippen LogP contribution is 2.24. The molecule has 100 valence electrons. The van der Waals surface area contributed by atoms with Crippen molar-refractivity contribution in [1.82, 2.24) is 4.90 Å². The van der Waals surface area contributed by atoms with Crippen molar-refractivity contribution in [2.75, 3.05) is 11.9 Å². The highest BCUT2D eigenvalue weighted by atomic mass is 79.9. The number of hydrogen-bond donors (Lipinski definition) is 0. The lowest BCUT2D eigenvalue weighted by Crippen LogP contribution is -2.39. The molecule has 0 aromatic heterocycles. The molecule has 1 atom stereocenters. The second-order valence-corrected chi connectivity index (χ2v) is 6.05. The van der Waals surface area contributed by atoms with Gasteiger partial charge in [-0.15, -0.1) is 0 Å². The van der Waals surface area contributed by atoms with Gasteiger partial charge >= 0.3 is 0 Å². The van der Waals surface area contributed by atoms with Crippen LogP contribution in [-0.2, 0) is 6.54 Å². The first-order valence-corrected chi connectivity index (χ1v) is 7.94. The van der Waals surface area contributed by atoms with Gasteiger partial charge in [-0.25, -0.2) is 4.39 Å². The van der Waals surface area contributed by atoms with Crippen molar-refractivity contribution in [3.8, 4) is 0 Å². The van der Waals surface area contributed by atoms with Crippen LogP contribution in [0.25, 0.3) is 0 Å². The standard InChI is InChI=1S/C14H18BrClFN/c15-7-6-12-3-1-2-8-18(12)10-11-4-5-14(17)13(16)9-11/h4-5,9,12H,1-3,6-8,10H2. The Kier molecular flexibility index (Phi) is 5.46. The number of nitrogens with zero attached hydrogens (tertiary/aromatic N) is 1. The Bertz CT molecular complexity index is 397. The molecule has 1 nitrogen and oxygen atoms in total.